The van der Waals surface area contributed by atoms with Crippen molar-refractivity contribution in [2.75, 3.05) is 28.4 Å². The van der Waals surface area contributed by atoms with Crippen molar-refractivity contribution < 1.29 is 24.1 Å². The lowest BCUT2D eigenvalue weighted by molar-refractivity contribution is 0.355. The second-order valence-corrected chi connectivity index (χ2v) is 6.47. The molecule has 0 unspecified atom stereocenters. The van der Waals surface area contributed by atoms with Crippen molar-refractivity contribution >= 4 is 26.8 Å². The van der Waals surface area contributed by atoms with Gasteiger partial charge in [0.15, 0.2) is 17.2 Å². The molecule has 0 amide bonds. The van der Waals surface area contributed by atoms with Crippen LogP contribution in [0, 0.1) is 0 Å². The molecule has 1 heterocycles. The lowest BCUT2D eigenvalue weighted by Gasteiger charge is -2.15. The van der Waals surface area contributed by atoms with Crippen LogP contribution >= 0.6 is 15.9 Å². The lowest BCUT2D eigenvalue weighted by atomic mass is 10.1. The Balaban J connectivity index is 2.37. The molecule has 3 rings (SSSR count). The average Bonchev–Trinajstić information content (AvgIpc) is 2.69. The van der Waals surface area contributed by atoms with Gasteiger partial charge < -0.3 is 29.0 Å². The van der Waals surface area contributed by atoms with Gasteiger partial charge in [-0.1, -0.05) is 0 Å². The fraction of sp³-hybridized carbons (Fsp3) is 0.211. The molecule has 2 aromatic carbocycles. The van der Waals surface area contributed by atoms with E-state index in [-0.39, 0.29) is 11.1 Å². The Morgan fingerprint density at radius 1 is 0.889 bits per heavy atom. The number of benzene rings is 2. The number of H-pyrrole nitrogens is 1. The van der Waals surface area contributed by atoms with Crippen molar-refractivity contribution in [3.8, 4) is 40.0 Å². The highest BCUT2D eigenvalue weighted by Gasteiger charge is 2.21. The normalized spacial score (nSPS) is 10.7. The van der Waals surface area contributed by atoms with Crippen LogP contribution in [0.5, 0.6) is 28.7 Å². The maximum atomic E-state index is 12.8. The van der Waals surface area contributed by atoms with Crippen LogP contribution in [0.4, 0.5) is 0 Å². The third-order valence-electron chi connectivity index (χ3n) is 4.21. The number of aromatic nitrogens is 1. The summed E-state index contributed by atoms with van der Waals surface area (Å²) in [7, 11) is 6.02. The van der Waals surface area contributed by atoms with Crippen molar-refractivity contribution in [3.63, 3.8) is 0 Å². The summed E-state index contributed by atoms with van der Waals surface area (Å²) < 4.78 is 21.8. The number of fused-ring (bicyclic) bond motifs is 1. The smallest absolute Gasteiger partial charge is 0.231 e. The quantitative estimate of drug-likeness (QED) is 0.634. The molecule has 27 heavy (non-hydrogen) atoms. The van der Waals surface area contributed by atoms with Crippen LogP contribution in [0.2, 0.25) is 0 Å². The number of methoxy groups -OCH3 is 4. The summed E-state index contributed by atoms with van der Waals surface area (Å²) >= 11 is 3.45. The molecule has 0 aliphatic rings. The van der Waals surface area contributed by atoms with E-state index in [4.69, 9.17) is 18.9 Å². The Kier molecular flexibility index (Phi) is 5.18. The number of aromatic hydroxyl groups is 1. The van der Waals surface area contributed by atoms with E-state index in [0.717, 1.165) is 0 Å². The Morgan fingerprint density at radius 2 is 1.52 bits per heavy atom. The van der Waals surface area contributed by atoms with Gasteiger partial charge in [0.1, 0.15) is 11.5 Å². The van der Waals surface area contributed by atoms with Gasteiger partial charge >= 0.3 is 0 Å². The first-order valence-corrected chi connectivity index (χ1v) is 8.67. The van der Waals surface area contributed by atoms with Crippen molar-refractivity contribution in [2.24, 2.45) is 0 Å². The van der Waals surface area contributed by atoms with Gasteiger partial charge in [0.25, 0.3) is 0 Å². The highest BCUT2D eigenvalue weighted by Crippen LogP contribution is 2.42. The molecule has 142 valence electrons. The Morgan fingerprint density at radius 3 is 2.11 bits per heavy atom. The minimum atomic E-state index is -0.538. The second-order valence-electron chi connectivity index (χ2n) is 5.62. The van der Waals surface area contributed by atoms with Gasteiger partial charge in [-0.05, 0) is 28.1 Å². The number of nitrogens with one attached hydrogen (secondary N) is 1. The monoisotopic (exact) mass is 435 g/mol. The second kappa shape index (κ2) is 7.40. The van der Waals surface area contributed by atoms with Crippen LogP contribution in [0.3, 0.4) is 0 Å². The van der Waals surface area contributed by atoms with E-state index in [1.54, 1.807) is 18.2 Å². The molecule has 0 fully saturated rings. The number of aromatic amines is 1. The van der Waals surface area contributed by atoms with E-state index in [2.05, 4.69) is 20.9 Å². The predicted octanol–water partition coefficient (Wildman–Crippen LogP) is 3.70. The number of hydrogen-bond acceptors (Lipinski definition) is 6. The zero-order valence-electron chi connectivity index (χ0n) is 15.2. The number of rotatable bonds is 5. The molecule has 0 bridgehead atoms. The summed E-state index contributed by atoms with van der Waals surface area (Å²) in [5.74, 6) is 1.41. The summed E-state index contributed by atoms with van der Waals surface area (Å²) in [5, 5.41) is 10.9. The fourth-order valence-corrected chi connectivity index (χ4v) is 3.48. The van der Waals surface area contributed by atoms with Crippen LogP contribution in [0.25, 0.3) is 22.2 Å². The highest BCUT2D eigenvalue weighted by molar-refractivity contribution is 9.10. The van der Waals surface area contributed by atoms with Gasteiger partial charge in [-0.15, -0.1) is 0 Å². The molecule has 0 aliphatic carbocycles. The van der Waals surface area contributed by atoms with Crippen LogP contribution in [-0.2, 0) is 0 Å². The molecular weight excluding hydrogens is 418 g/mol. The summed E-state index contributed by atoms with van der Waals surface area (Å²) in [6.45, 7) is 0. The standard InChI is InChI=1S/C19H18BrNO6/c1-24-9-5-11(20)16(15(6-9)27-4)17-19(23)18(22)10-7-13(25-2)14(26-3)8-12(10)21-17/h5-8,23H,1-4H3,(H,21,22). The van der Waals surface area contributed by atoms with Crippen molar-refractivity contribution in [1.82, 2.24) is 4.98 Å². The van der Waals surface area contributed by atoms with Gasteiger partial charge in [0.05, 0.1) is 50.6 Å². The SMILES string of the molecule is COc1cc(Br)c(-c2[nH]c3cc(OC)c(OC)cc3c(=O)c2O)c(OC)c1. The molecule has 0 saturated heterocycles. The molecule has 1 aromatic heterocycles. The number of pyridine rings is 1. The van der Waals surface area contributed by atoms with Gasteiger partial charge in [0, 0.05) is 16.6 Å². The number of halogens is 1. The lowest BCUT2D eigenvalue weighted by Crippen LogP contribution is -2.07. The van der Waals surface area contributed by atoms with Gasteiger partial charge in [-0.2, -0.15) is 0 Å². The Labute approximate surface area is 163 Å². The third-order valence-corrected chi connectivity index (χ3v) is 4.84. The molecule has 0 radical (unpaired) electrons. The van der Waals surface area contributed by atoms with E-state index in [9.17, 15) is 9.90 Å². The van der Waals surface area contributed by atoms with E-state index >= 15 is 0 Å². The van der Waals surface area contributed by atoms with E-state index in [1.165, 1.54) is 34.5 Å². The van der Waals surface area contributed by atoms with Crippen LogP contribution in [-0.4, -0.2) is 38.5 Å². The predicted molar refractivity (Wildman–Crippen MR) is 106 cm³/mol. The minimum absolute atomic E-state index is 0.214. The third kappa shape index (κ3) is 3.16. The molecule has 3 aromatic rings. The van der Waals surface area contributed by atoms with Crippen molar-refractivity contribution in [3.05, 3.63) is 39.0 Å². The van der Waals surface area contributed by atoms with E-state index in [1.807, 2.05) is 0 Å². The molecule has 0 aliphatic heterocycles. The average molecular weight is 436 g/mol. The minimum Gasteiger partial charge on any atom is -0.503 e. The largest absolute Gasteiger partial charge is 0.503 e. The maximum absolute atomic E-state index is 12.8. The summed E-state index contributed by atoms with van der Waals surface area (Å²) in [4.78, 5) is 15.9. The molecular formula is C19H18BrNO6. The Hall–Kier alpha value is -2.87. The number of hydrogen-bond donors (Lipinski definition) is 2. The van der Waals surface area contributed by atoms with Crippen LogP contribution < -0.4 is 24.4 Å². The molecule has 2 N–H and O–H groups in total. The van der Waals surface area contributed by atoms with Crippen LogP contribution in [0.15, 0.2) is 33.5 Å². The van der Waals surface area contributed by atoms with Crippen molar-refractivity contribution in [1.29, 1.82) is 0 Å². The summed E-state index contributed by atoms with van der Waals surface area (Å²) in [6, 6.07) is 6.55. The first-order chi connectivity index (χ1) is 12.9. The molecule has 0 saturated carbocycles. The number of ether oxygens (including phenoxy) is 4. The molecule has 8 heteroatoms. The van der Waals surface area contributed by atoms with Crippen molar-refractivity contribution in [2.45, 2.75) is 0 Å². The van der Waals surface area contributed by atoms with Gasteiger partial charge in [-0.25, -0.2) is 0 Å². The van der Waals surface area contributed by atoms with E-state index in [0.29, 0.717) is 38.6 Å². The molecule has 0 atom stereocenters. The summed E-state index contributed by atoms with van der Waals surface area (Å²) in [6.07, 6.45) is 0. The fourth-order valence-electron chi connectivity index (χ4n) is 2.87. The topological polar surface area (TPSA) is 90.0 Å². The zero-order chi connectivity index (χ0) is 19.7. The highest BCUT2D eigenvalue weighted by atomic mass is 79.9. The molecule has 0 spiro atoms. The first-order valence-electron chi connectivity index (χ1n) is 7.88. The van der Waals surface area contributed by atoms with E-state index < -0.39 is 11.2 Å². The van der Waals surface area contributed by atoms with Gasteiger partial charge in [-0.3, -0.25) is 4.79 Å². The summed E-state index contributed by atoms with van der Waals surface area (Å²) in [5.41, 5.74) is 0.648. The zero-order valence-corrected chi connectivity index (χ0v) is 16.8. The molecule has 7 nitrogen and oxygen atoms in total. The Bertz CT molecular complexity index is 1080. The maximum Gasteiger partial charge on any atom is 0.231 e. The first kappa shape index (κ1) is 18.9. The van der Waals surface area contributed by atoms with Gasteiger partial charge in [0.2, 0.25) is 5.43 Å². The van der Waals surface area contributed by atoms with Crippen LogP contribution in [0.1, 0.15) is 0 Å².